The maximum Gasteiger partial charge on any atom is 0.341 e. The fraction of sp³-hybridized carbons (Fsp3) is 0.200. The molecule has 3 rings (SSSR count). The van der Waals surface area contributed by atoms with Crippen molar-refractivity contribution >= 4 is 51.9 Å². The Morgan fingerprint density at radius 1 is 1.20 bits per heavy atom. The van der Waals surface area contributed by atoms with Crippen molar-refractivity contribution in [1.29, 1.82) is 5.26 Å². The standard InChI is InChI=1S/C25H21ClN2O6S/c1-5-33-25(31)21-13(2)14(3)35-23(21)28-22(29)16(12-27)10-17-7-9-20(34-17)15-6-8-19(26)18(11-15)24(30)32-4/h6-11H,5H2,1-4H3,(H,28,29)/b16-10+. The van der Waals surface area contributed by atoms with Crippen molar-refractivity contribution < 1.29 is 28.3 Å². The molecular weight excluding hydrogens is 492 g/mol. The quantitative estimate of drug-likeness (QED) is 0.242. The molecule has 0 spiro atoms. The lowest BCUT2D eigenvalue weighted by Crippen LogP contribution is -2.16. The van der Waals surface area contributed by atoms with Crippen molar-refractivity contribution in [3.63, 3.8) is 0 Å². The summed E-state index contributed by atoms with van der Waals surface area (Å²) in [4.78, 5) is 37.9. The normalized spacial score (nSPS) is 11.0. The van der Waals surface area contributed by atoms with E-state index in [4.69, 9.17) is 25.5 Å². The van der Waals surface area contributed by atoms with Crippen LogP contribution in [0.3, 0.4) is 0 Å². The molecule has 0 aliphatic heterocycles. The van der Waals surface area contributed by atoms with Gasteiger partial charge in [0.25, 0.3) is 5.91 Å². The monoisotopic (exact) mass is 512 g/mol. The molecule has 0 aliphatic carbocycles. The Bertz CT molecular complexity index is 1380. The van der Waals surface area contributed by atoms with Gasteiger partial charge in [0.2, 0.25) is 0 Å². The summed E-state index contributed by atoms with van der Waals surface area (Å²) in [6.07, 6.45) is 1.29. The maximum atomic E-state index is 12.8. The number of furan rings is 1. The van der Waals surface area contributed by atoms with Crippen LogP contribution in [0.2, 0.25) is 5.02 Å². The van der Waals surface area contributed by atoms with Crippen molar-refractivity contribution in [2.75, 3.05) is 19.0 Å². The molecule has 3 aromatic rings. The van der Waals surface area contributed by atoms with Gasteiger partial charge in [-0.25, -0.2) is 9.59 Å². The van der Waals surface area contributed by atoms with E-state index in [2.05, 4.69) is 5.32 Å². The minimum Gasteiger partial charge on any atom is -0.465 e. The van der Waals surface area contributed by atoms with Gasteiger partial charge in [-0.3, -0.25) is 4.79 Å². The minimum atomic E-state index is -0.697. The van der Waals surface area contributed by atoms with E-state index in [0.717, 1.165) is 4.88 Å². The third kappa shape index (κ3) is 5.62. The zero-order chi connectivity index (χ0) is 25.7. The molecule has 10 heteroatoms. The number of carbonyl (C=O) groups excluding carboxylic acids is 3. The number of benzene rings is 1. The summed E-state index contributed by atoms with van der Waals surface area (Å²) in [6, 6.07) is 9.80. The molecule has 0 fully saturated rings. The molecule has 0 radical (unpaired) electrons. The van der Waals surface area contributed by atoms with Gasteiger partial charge in [0.05, 0.1) is 29.9 Å². The molecule has 1 aromatic carbocycles. The molecule has 2 heterocycles. The number of amides is 1. The summed E-state index contributed by atoms with van der Waals surface area (Å²) in [6.45, 7) is 5.48. The van der Waals surface area contributed by atoms with E-state index in [-0.39, 0.29) is 34.1 Å². The van der Waals surface area contributed by atoms with Gasteiger partial charge >= 0.3 is 11.9 Å². The topological polar surface area (TPSA) is 119 Å². The van der Waals surface area contributed by atoms with Crippen LogP contribution in [-0.2, 0) is 14.3 Å². The highest BCUT2D eigenvalue weighted by Gasteiger charge is 2.23. The number of nitriles is 1. The number of esters is 2. The molecule has 1 amide bonds. The van der Waals surface area contributed by atoms with E-state index < -0.39 is 17.8 Å². The van der Waals surface area contributed by atoms with E-state index in [1.54, 1.807) is 38.1 Å². The number of aryl methyl sites for hydroxylation is 1. The number of hydrogen-bond acceptors (Lipinski definition) is 8. The average molecular weight is 513 g/mol. The van der Waals surface area contributed by atoms with Crippen LogP contribution < -0.4 is 5.32 Å². The lowest BCUT2D eigenvalue weighted by molar-refractivity contribution is -0.112. The number of thiophene rings is 1. The number of ether oxygens (including phenoxy) is 2. The van der Waals surface area contributed by atoms with E-state index in [9.17, 15) is 19.6 Å². The lowest BCUT2D eigenvalue weighted by atomic mass is 10.1. The Hall–Kier alpha value is -3.87. The second-order valence-electron chi connectivity index (χ2n) is 7.22. The predicted octanol–water partition coefficient (Wildman–Crippen LogP) is 5.79. The van der Waals surface area contributed by atoms with Crippen LogP contribution in [0.15, 0.2) is 40.3 Å². The molecule has 2 aromatic heterocycles. The van der Waals surface area contributed by atoms with E-state index in [1.807, 2.05) is 13.0 Å². The largest absolute Gasteiger partial charge is 0.465 e. The number of hydrogen-bond donors (Lipinski definition) is 1. The fourth-order valence-corrected chi connectivity index (χ4v) is 4.39. The number of nitrogens with one attached hydrogen (secondary N) is 1. The average Bonchev–Trinajstić information content (AvgIpc) is 3.41. The van der Waals surface area contributed by atoms with Gasteiger partial charge in [-0.2, -0.15) is 5.26 Å². The van der Waals surface area contributed by atoms with Gasteiger partial charge in [0, 0.05) is 16.5 Å². The van der Waals surface area contributed by atoms with Crippen molar-refractivity contribution in [2.45, 2.75) is 20.8 Å². The first kappa shape index (κ1) is 25.7. The van der Waals surface area contributed by atoms with E-state index in [1.165, 1.54) is 30.6 Å². The van der Waals surface area contributed by atoms with Crippen LogP contribution in [0.25, 0.3) is 17.4 Å². The summed E-state index contributed by atoms with van der Waals surface area (Å²) < 4.78 is 15.6. The number of rotatable bonds is 7. The van der Waals surface area contributed by atoms with Crippen LogP contribution in [0.1, 0.15) is 43.8 Å². The fourth-order valence-electron chi connectivity index (χ4n) is 3.16. The molecule has 0 saturated heterocycles. The smallest absolute Gasteiger partial charge is 0.341 e. The van der Waals surface area contributed by atoms with Crippen molar-refractivity contribution in [1.82, 2.24) is 0 Å². The molecule has 8 nitrogen and oxygen atoms in total. The summed E-state index contributed by atoms with van der Waals surface area (Å²) in [5, 5.41) is 12.7. The van der Waals surface area contributed by atoms with Crippen LogP contribution in [0, 0.1) is 25.2 Å². The SMILES string of the molecule is CCOC(=O)c1c(NC(=O)/C(C#N)=C/c2ccc(-c3ccc(Cl)c(C(=O)OC)c3)o2)sc(C)c1C. The molecular formula is C25H21ClN2O6S. The first-order chi connectivity index (χ1) is 16.7. The van der Waals surface area contributed by atoms with Crippen LogP contribution >= 0.6 is 22.9 Å². The molecule has 0 aliphatic rings. The number of carbonyl (C=O) groups is 3. The van der Waals surface area contributed by atoms with Crippen molar-refractivity contribution in [3.8, 4) is 17.4 Å². The zero-order valence-corrected chi connectivity index (χ0v) is 20.9. The highest BCUT2D eigenvalue weighted by molar-refractivity contribution is 7.16. The van der Waals surface area contributed by atoms with Gasteiger partial charge < -0.3 is 19.2 Å². The summed E-state index contributed by atoms with van der Waals surface area (Å²) in [5.74, 6) is -1.20. The lowest BCUT2D eigenvalue weighted by Gasteiger charge is -2.06. The Labute approximate surface area is 210 Å². The van der Waals surface area contributed by atoms with Gasteiger partial charge in [-0.05, 0) is 56.7 Å². The highest BCUT2D eigenvalue weighted by Crippen LogP contribution is 2.33. The van der Waals surface area contributed by atoms with Gasteiger partial charge in [-0.15, -0.1) is 11.3 Å². The third-order valence-electron chi connectivity index (χ3n) is 5.03. The molecule has 0 saturated carbocycles. The Kier molecular flexibility index (Phi) is 8.12. The van der Waals surface area contributed by atoms with Gasteiger partial charge in [0.1, 0.15) is 28.2 Å². The predicted molar refractivity (Wildman–Crippen MR) is 132 cm³/mol. The van der Waals surface area contributed by atoms with Crippen LogP contribution in [0.4, 0.5) is 5.00 Å². The Morgan fingerprint density at radius 3 is 2.60 bits per heavy atom. The molecule has 35 heavy (non-hydrogen) atoms. The maximum absolute atomic E-state index is 12.8. The number of anilines is 1. The number of nitrogens with zero attached hydrogens (tertiary/aromatic N) is 1. The van der Waals surface area contributed by atoms with E-state index in [0.29, 0.717) is 21.9 Å². The van der Waals surface area contributed by atoms with Crippen molar-refractivity contribution in [3.05, 3.63) is 68.3 Å². The van der Waals surface area contributed by atoms with Crippen LogP contribution in [0.5, 0.6) is 0 Å². The third-order valence-corrected chi connectivity index (χ3v) is 6.48. The van der Waals surface area contributed by atoms with Gasteiger partial charge in [-0.1, -0.05) is 11.6 Å². The Balaban J connectivity index is 1.87. The second-order valence-corrected chi connectivity index (χ2v) is 8.85. The first-order valence-corrected chi connectivity index (χ1v) is 11.6. The zero-order valence-electron chi connectivity index (χ0n) is 19.4. The number of methoxy groups -OCH3 is 1. The highest BCUT2D eigenvalue weighted by atomic mass is 35.5. The van der Waals surface area contributed by atoms with Gasteiger partial charge in [0.15, 0.2) is 0 Å². The van der Waals surface area contributed by atoms with E-state index >= 15 is 0 Å². The first-order valence-electron chi connectivity index (χ1n) is 10.4. The summed E-state index contributed by atoms with van der Waals surface area (Å²) in [5.41, 5.74) is 1.48. The van der Waals surface area contributed by atoms with Crippen molar-refractivity contribution in [2.24, 2.45) is 0 Å². The summed E-state index contributed by atoms with van der Waals surface area (Å²) in [7, 11) is 1.25. The Morgan fingerprint density at radius 2 is 1.94 bits per heavy atom. The number of halogens is 1. The summed E-state index contributed by atoms with van der Waals surface area (Å²) >= 11 is 7.29. The molecule has 1 N–H and O–H groups in total. The van der Waals surface area contributed by atoms with Crippen LogP contribution in [-0.4, -0.2) is 31.6 Å². The second kappa shape index (κ2) is 11.0. The molecule has 0 unspecified atom stereocenters. The molecule has 0 bridgehead atoms. The minimum absolute atomic E-state index is 0.177. The molecule has 180 valence electrons. The molecule has 0 atom stereocenters.